The van der Waals surface area contributed by atoms with Gasteiger partial charge in [0.05, 0.1) is 5.69 Å². The highest BCUT2D eigenvalue weighted by molar-refractivity contribution is 9.10. The Morgan fingerprint density at radius 2 is 2.25 bits per heavy atom. The van der Waals surface area contributed by atoms with Crippen LogP contribution in [0, 0.1) is 6.92 Å². The molecule has 2 aromatic rings. The summed E-state index contributed by atoms with van der Waals surface area (Å²) < 4.78 is 5.94. The lowest BCUT2D eigenvalue weighted by molar-refractivity contribution is 0.613. The molecule has 2 heterocycles. The van der Waals surface area contributed by atoms with E-state index in [9.17, 15) is 0 Å². The van der Waals surface area contributed by atoms with Crippen molar-refractivity contribution >= 4 is 33.2 Å². The highest BCUT2D eigenvalue weighted by atomic mass is 79.9. The second kappa shape index (κ2) is 2.45. The van der Waals surface area contributed by atoms with Gasteiger partial charge in [-0.1, -0.05) is 0 Å². The van der Waals surface area contributed by atoms with Crippen LogP contribution in [0.15, 0.2) is 15.0 Å². The quantitative estimate of drug-likeness (QED) is 0.747. The third-order valence-electron chi connectivity index (χ3n) is 1.53. The zero-order chi connectivity index (χ0) is 8.72. The molecule has 0 aliphatic heterocycles. The number of nitrogens with zero attached hydrogens (tertiary/aromatic N) is 2. The minimum Gasteiger partial charge on any atom is -0.405 e. The molecule has 0 fully saturated rings. The summed E-state index contributed by atoms with van der Waals surface area (Å²) in [6.45, 7) is 1.88. The molecule has 62 valence electrons. The maximum Gasteiger partial charge on any atom is 0.294 e. The third kappa shape index (κ3) is 1.06. The van der Waals surface area contributed by atoms with E-state index in [0.717, 1.165) is 10.2 Å². The topological polar surface area (TPSA) is 64.9 Å². The van der Waals surface area contributed by atoms with E-state index in [1.807, 2.05) is 13.0 Å². The summed E-state index contributed by atoms with van der Waals surface area (Å²) in [7, 11) is 0. The zero-order valence-corrected chi connectivity index (χ0v) is 7.92. The van der Waals surface area contributed by atoms with Crippen molar-refractivity contribution in [1.82, 2.24) is 9.97 Å². The molecule has 0 saturated carbocycles. The van der Waals surface area contributed by atoms with Gasteiger partial charge in [-0.15, -0.1) is 0 Å². The smallest absolute Gasteiger partial charge is 0.294 e. The van der Waals surface area contributed by atoms with E-state index < -0.39 is 0 Å². The molecule has 2 rings (SSSR count). The summed E-state index contributed by atoms with van der Waals surface area (Å²) in [5, 5.41) is 0. The Balaban J connectivity index is 2.83. The van der Waals surface area contributed by atoms with Crippen LogP contribution in [0.25, 0.3) is 11.2 Å². The first kappa shape index (κ1) is 7.54. The van der Waals surface area contributed by atoms with E-state index in [1.165, 1.54) is 0 Å². The molecular weight excluding hydrogens is 222 g/mol. The molecule has 0 spiro atoms. The summed E-state index contributed by atoms with van der Waals surface area (Å²) in [4.78, 5) is 8.07. The molecule has 0 saturated heterocycles. The van der Waals surface area contributed by atoms with Crippen LogP contribution in [0.5, 0.6) is 0 Å². The average molecular weight is 228 g/mol. The van der Waals surface area contributed by atoms with Crippen molar-refractivity contribution in [3.05, 3.63) is 16.2 Å². The van der Waals surface area contributed by atoms with Crippen LogP contribution in [0.1, 0.15) is 5.69 Å². The number of halogens is 1. The van der Waals surface area contributed by atoms with Gasteiger partial charge in [0, 0.05) is 4.47 Å². The SMILES string of the molecule is Cc1nc2oc(N)nc2cc1Br. The lowest BCUT2D eigenvalue weighted by atomic mass is 10.4. The number of fused-ring (bicyclic) bond motifs is 1. The number of oxazole rings is 1. The second-order valence-corrected chi connectivity index (χ2v) is 3.29. The summed E-state index contributed by atoms with van der Waals surface area (Å²) in [6, 6.07) is 1.98. The summed E-state index contributed by atoms with van der Waals surface area (Å²) in [5.74, 6) is 0. The molecule has 0 aliphatic rings. The van der Waals surface area contributed by atoms with Gasteiger partial charge >= 0.3 is 0 Å². The van der Waals surface area contributed by atoms with E-state index in [2.05, 4.69) is 25.9 Å². The fourth-order valence-electron chi connectivity index (χ4n) is 0.945. The Hall–Kier alpha value is -1.10. The molecule has 5 heteroatoms. The number of rotatable bonds is 0. The second-order valence-electron chi connectivity index (χ2n) is 2.43. The third-order valence-corrected chi connectivity index (χ3v) is 2.33. The Bertz CT molecular complexity index is 398. The van der Waals surface area contributed by atoms with Gasteiger partial charge in [0.2, 0.25) is 5.71 Å². The number of pyridine rings is 1. The molecule has 2 aromatic heterocycles. The van der Waals surface area contributed by atoms with E-state index in [0.29, 0.717) is 11.2 Å². The maximum absolute atomic E-state index is 5.36. The highest BCUT2D eigenvalue weighted by Gasteiger charge is 2.06. The van der Waals surface area contributed by atoms with E-state index >= 15 is 0 Å². The van der Waals surface area contributed by atoms with Crippen molar-refractivity contribution in [2.75, 3.05) is 5.73 Å². The van der Waals surface area contributed by atoms with Crippen molar-refractivity contribution in [2.24, 2.45) is 0 Å². The first-order chi connectivity index (χ1) is 5.66. The predicted molar refractivity (Wildman–Crippen MR) is 48.7 cm³/mol. The number of aryl methyl sites for hydroxylation is 1. The van der Waals surface area contributed by atoms with Crippen LogP contribution in [0.3, 0.4) is 0 Å². The minimum atomic E-state index is 0.148. The molecule has 4 nitrogen and oxygen atoms in total. The number of hydrogen-bond donors (Lipinski definition) is 1. The van der Waals surface area contributed by atoms with Gasteiger partial charge in [0.1, 0.15) is 5.52 Å². The van der Waals surface area contributed by atoms with Crippen LogP contribution in [-0.2, 0) is 0 Å². The van der Waals surface area contributed by atoms with Gasteiger partial charge in [0.25, 0.3) is 6.01 Å². The van der Waals surface area contributed by atoms with Gasteiger partial charge in [-0.25, -0.2) is 4.98 Å². The molecule has 2 N–H and O–H groups in total. The Morgan fingerprint density at radius 1 is 1.50 bits per heavy atom. The Kier molecular flexibility index (Phi) is 1.54. The van der Waals surface area contributed by atoms with Crippen molar-refractivity contribution in [3.8, 4) is 0 Å². The molecule has 0 radical (unpaired) electrons. The van der Waals surface area contributed by atoms with Crippen molar-refractivity contribution in [3.63, 3.8) is 0 Å². The maximum atomic E-state index is 5.36. The number of anilines is 1. The largest absolute Gasteiger partial charge is 0.405 e. The number of hydrogen-bond acceptors (Lipinski definition) is 4. The summed E-state index contributed by atoms with van der Waals surface area (Å²) >= 11 is 3.34. The van der Waals surface area contributed by atoms with Crippen LogP contribution in [0.2, 0.25) is 0 Å². The van der Waals surface area contributed by atoms with Crippen LogP contribution in [0.4, 0.5) is 6.01 Å². The molecule has 0 atom stereocenters. The van der Waals surface area contributed by atoms with Gasteiger partial charge in [-0.2, -0.15) is 4.98 Å². The first-order valence-corrected chi connectivity index (χ1v) is 4.15. The molecule has 0 aliphatic carbocycles. The van der Waals surface area contributed by atoms with Crippen molar-refractivity contribution < 1.29 is 4.42 Å². The number of nitrogen functional groups attached to an aromatic ring is 1. The summed E-state index contributed by atoms with van der Waals surface area (Å²) in [6.07, 6.45) is 0. The van der Waals surface area contributed by atoms with Crippen molar-refractivity contribution in [2.45, 2.75) is 6.92 Å². The fourth-order valence-corrected chi connectivity index (χ4v) is 1.25. The van der Waals surface area contributed by atoms with Gasteiger partial charge in [0.15, 0.2) is 0 Å². The van der Waals surface area contributed by atoms with Gasteiger partial charge in [-0.3, -0.25) is 0 Å². The summed E-state index contributed by atoms with van der Waals surface area (Å²) in [5.41, 5.74) is 7.37. The standard InChI is InChI=1S/C7H6BrN3O/c1-3-4(8)2-5-6(10-3)12-7(9)11-5/h2H,1H3,(H2,9,11). The predicted octanol–water partition coefficient (Wildman–Crippen LogP) is 1.88. The van der Waals surface area contributed by atoms with Gasteiger partial charge < -0.3 is 10.2 Å². The highest BCUT2D eigenvalue weighted by Crippen LogP contribution is 2.21. The Labute approximate surface area is 76.9 Å². The van der Waals surface area contributed by atoms with E-state index in [4.69, 9.17) is 10.2 Å². The van der Waals surface area contributed by atoms with Gasteiger partial charge in [-0.05, 0) is 28.9 Å². The zero-order valence-electron chi connectivity index (χ0n) is 6.34. The lowest BCUT2D eigenvalue weighted by Gasteiger charge is -1.93. The lowest BCUT2D eigenvalue weighted by Crippen LogP contribution is -1.82. The van der Waals surface area contributed by atoms with Crippen LogP contribution in [-0.4, -0.2) is 9.97 Å². The first-order valence-electron chi connectivity index (χ1n) is 3.36. The van der Waals surface area contributed by atoms with E-state index in [-0.39, 0.29) is 6.01 Å². The van der Waals surface area contributed by atoms with Crippen LogP contribution >= 0.6 is 15.9 Å². The molecule has 0 aromatic carbocycles. The molecule has 0 amide bonds. The van der Waals surface area contributed by atoms with Crippen molar-refractivity contribution in [1.29, 1.82) is 0 Å². The number of aromatic nitrogens is 2. The Morgan fingerprint density at radius 3 is 3.00 bits per heavy atom. The minimum absolute atomic E-state index is 0.148. The molecular formula is C7H6BrN3O. The normalized spacial score (nSPS) is 10.8. The average Bonchev–Trinajstić information content (AvgIpc) is 2.30. The molecule has 0 unspecified atom stereocenters. The molecule has 0 bridgehead atoms. The monoisotopic (exact) mass is 227 g/mol. The molecule has 12 heavy (non-hydrogen) atoms. The van der Waals surface area contributed by atoms with E-state index in [1.54, 1.807) is 0 Å². The van der Waals surface area contributed by atoms with Crippen LogP contribution < -0.4 is 5.73 Å². The fraction of sp³-hybridized carbons (Fsp3) is 0.143. The number of nitrogens with two attached hydrogens (primary N) is 1.